The van der Waals surface area contributed by atoms with Gasteiger partial charge in [-0.25, -0.2) is 0 Å². The van der Waals surface area contributed by atoms with Gasteiger partial charge in [0.25, 0.3) is 5.91 Å². The molecule has 2 rings (SSSR count). The number of carbonyl (C=O) groups excluding carboxylic acids is 1. The first-order chi connectivity index (χ1) is 8.08. The van der Waals surface area contributed by atoms with Crippen molar-refractivity contribution in [2.75, 3.05) is 24.6 Å². The van der Waals surface area contributed by atoms with Crippen molar-refractivity contribution in [1.82, 2.24) is 15.1 Å². The lowest BCUT2D eigenvalue weighted by Gasteiger charge is -2.26. The fourth-order valence-corrected chi connectivity index (χ4v) is 2.89. The molecule has 0 spiro atoms. The van der Waals surface area contributed by atoms with Gasteiger partial charge < -0.3 is 4.90 Å². The van der Waals surface area contributed by atoms with Crippen LogP contribution in [0.25, 0.3) is 0 Å². The summed E-state index contributed by atoms with van der Waals surface area (Å²) < 4.78 is 11.2. The van der Waals surface area contributed by atoms with Gasteiger partial charge in [-0.05, 0) is 6.07 Å². The number of hydrogen-bond donors (Lipinski definition) is 0. The van der Waals surface area contributed by atoms with Crippen molar-refractivity contribution < 1.29 is 9.00 Å². The van der Waals surface area contributed by atoms with Crippen molar-refractivity contribution in [1.29, 1.82) is 0 Å². The third-order valence-electron chi connectivity index (χ3n) is 2.41. The van der Waals surface area contributed by atoms with E-state index < -0.39 is 10.8 Å². The van der Waals surface area contributed by atoms with Crippen molar-refractivity contribution in [2.45, 2.75) is 0 Å². The first kappa shape index (κ1) is 12.7. The molecule has 0 aliphatic carbocycles. The summed E-state index contributed by atoms with van der Waals surface area (Å²) in [5, 5.41) is 7.29. The summed E-state index contributed by atoms with van der Waals surface area (Å²) in [6.07, 6.45) is 0. The summed E-state index contributed by atoms with van der Waals surface area (Å²) in [5.41, 5.74) is 0.236. The van der Waals surface area contributed by atoms with Crippen molar-refractivity contribution in [3.05, 3.63) is 21.9 Å². The minimum absolute atomic E-state index is 0.0334. The average molecular weight is 294 g/mol. The Morgan fingerprint density at radius 1 is 1.29 bits per heavy atom. The van der Waals surface area contributed by atoms with Gasteiger partial charge in [0.15, 0.2) is 10.3 Å². The number of hydrogen-bond acceptors (Lipinski definition) is 4. The molecule has 1 amide bonds. The average Bonchev–Trinajstić information content (AvgIpc) is 2.32. The van der Waals surface area contributed by atoms with E-state index in [9.17, 15) is 9.00 Å². The smallest absolute Gasteiger partial charge is 0.257 e. The van der Waals surface area contributed by atoms with E-state index >= 15 is 0 Å². The van der Waals surface area contributed by atoms with Crippen LogP contribution in [0.4, 0.5) is 0 Å². The predicted octanol–water partition coefficient (Wildman–Crippen LogP) is 0.988. The summed E-state index contributed by atoms with van der Waals surface area (Å²) in [7, 11) is -0.824. The van der Waals surface area contributed by atoms with E-state index in [2.05, 4.69) is 10.2 Å². The monoisotopic (exact) mass is 293 g/mol. The lowest BCUT2D eigenvalue weighted by atomic mass is 10.2. The van der Waals surface area contributed by atoms with Crippen LogP contribution in [0.15, 0.2) is 6.07 Å². The summed E-state index contributed by atoms with van der Waals surface area (Å²) in [6, 6.07) is 1.39. The van der Waals surface area contributed by atoms with Crippen LogP contribution < -0.4 is 0 Å². The summed E-state index contributed by atoms with van der Waals surface area (Å²) in [5.74, 6) is 0.745. The van der Waals surface area contributed by atoms with Crippen LogP contribution in [-0.2, 0) is 10.8 Å². The minimum Gasteiger partial charge on any atom is -0.337 e. The zero-order valence-corrected chi connectivity index (χ0v) is 11.1. The highest BCUT2D eigenvalue weighted by molar-refractivity contribution is 7.85. The Morgan fingerprint density at radius 3 is 2.59 bits per heavy atom. The van der Waals surface area contributed by atoms with E-state index in [1.54, 1.807) is 4.90 Å². The summed E-state index contributed by atoms with van der Waals surface area (Å²) in [4.78, 5) is 13.7. The van der Waals surface area contributed by atoms with Gasteiger partial charge in [0.05, 0.1) is 5.56 Å². The van der Waals surface area contributed by atoms with Crippen molar-refractivity contribution in [2.24, 2.45) is 0 Å². The number of amides is 1. The fourth-order valence-electron chi connectivity index (χ4n) is 1.51. The van der Waals surface area contributed by atoms with Crippen LogP contribution in [0.5, 0.6) is 0 Å². The highest BCUT2D eigenvalue weighted by Crippen LogP contribution is 2.18. The first-order valence-corrected chi connectivity index (χ1v) is 7.15. The van der Waals surface area contributed by atoms with Crippen LogP contribution in [0.1, 0.15) is 10.4 Å². The molecule has 0 unspecified atom stereocenters. The molecule has 1 fully saturated rings. The largest absolute Gasteiger partial charge is 0.337 e. The number of carbonyl (C=O) groups is 1. The number of rotatable bonds is 1. The molecule has 1 aromatic rings. The van der Waals surface area contributed by atoms with Gasteiger partial charge in [-0.2, -0.15) is 0 Å². The number of aromatic nitrogens is 2. The molecule has 92 valence electrons. The zero-order valence-electron chi connectivity index (χ0n) is 8.73. The molecule has 2 heterocycles. The van der Waals surface area contributed by atoms with E-state index in [4.69, 9.17) is 23.2 Å². The minimum atomic E-state index is -0.824. The van der Waals surface area contributed by atoms with Gasteiger partial charge in [-0.1, -0.05) is 23.2 Å². The Hall–Kier alpha value is -0.720. The van der Waals surface area contributed by atoms with E-state index in [1.807, 2.05) is 0 Å². The SMILES string of the molecule is O=C(c1cc(Cl)nnc1Cl)N1CCS(=O)CC1. The van der Waals surface area contributed by atoms with E-state index in [1.165, 1.54) is 6.07 Å². The molecular weight excluding hydrogens is 285 g/mol. The van der Waals surface area contributed by atoms with Crippen LogP contribution in [0.2, 0.25) is 10.3 Å². The van der Waals surface area contributed by atoms with Crippen molar-refractivity contribution in [3.63, 3.8) is 0 Å². The quantitative estimate of drug-likeness (QED) is 0.775. The molecule has 0 N–H and O–H groups in total. The third-order valence-corrected chi connectivity index (χ3v) is 4.15. The lowest BCUT2D eigenvalue weighted by molar-refractivity contribution is 0.0771. The maximum absolute atomic E-state index is 12.1. The zero-order chi connectivity index (χ0) is 12.4. The third kappa shape index (κ3) is 2.94. The van der Waals surface area contributed by atoms with Crippen molar-refractivity contribution in [3.8, 4) is 0 Å². The number of halogens is 2. The molecule has 0 atom stereocenters. The topological polar surface area (TPSA) is 63.2 Å². The number of nitrogens with zero attached hydrogens (tertiary/aromatic N) is 3. The maximum atomic E-state index is 12.1. The van der Waals surface area contributed by atoms with Crippen LogP contribution >= 0.6 is 23.2 Å². The molecule has 1 saturated heterocycles. The van der Waals surface area contributed by atoms with Gasteiger partial charge in [0.1, 0.15) is 0 Å². The van der Waals surface area contributed by atoms with Crippen molar-refractivity contribution >= 4 is 39.9 Å². The van der Waals surface area contributed by atoms with Gasteiger partial charge >= 0.3 is 0 Å². The summed E-state index contributed by atoms with van der Waals surface area (Å²) >= 11 is 11.5. The Labute approximate surface area is 111 Å². The normalized spacial score (nSPS) is 17.2. The Morgan fingerprint density at radius 2 is 1.94 bits per heavy atom. The molecule has 0 saturated carbocycles. The molecular formula is C9H9Cl2N3O2S. The maximum Gasteiger partial charge on any atom is 0.257 e. The molecule has 5 nitrogen and oxygen atoms in total. The van der Waals surface area contributed by atoms with Gasteiger partial charge in [-0.3, -0.25) is 9.00 Å². The molecule has 0 radical (unpaired) electrons. The molecule has 0 aromatic carbocycles. The second kappa shape index (κ2) is 5.29. The summed E-state index contributed by atoms with van der Waals surface area (Å²) in [6.45, 7) is 0.920. The molecule has 1 aromatic heterocycles. The Kier molecular flexibility index (Phi) is 3.96. The predicted molar refractivity (Wildman–Crippen MR) is 65.8 cm³/mol. The van der Waals surface area contributed by atoms with Crippen LogP contribution in [-0.4, -0.2) is 49.8 Å². The highest BCUT2D eigenvalue weighted by atomic mass is 35.5. The van der Waals surface area contributed by atoms with Gasteiger partial charge in [0, 0.05) is 35.4 Å². The van der Waals surface area contributed by atoms with E-state index in [0.29, 0.717) is 24.6 Å². The molecule has 1 aliphatic rings. The lowest BCUT2D eigenvalue weighted by Crippen LogP contribution is -2.42. The van der Waals surface area contributed by atoms with Crippen LogP contribution in [0.3, 0.4) is 0 Å². The Balaban J connectivity index is 2.19. The second-order valence-corrected chi connectivity index (χ2v) is 5.95. The van der Waals surface area contributed by atoms with E-state index in [0.717, 1.165) is 0 Å². The fraction of sp³-hybridized carbons (Fsp3) is 0.444. The van der Waals surface area contributed by atoms with Crippen LogP contribution in [0, 0.1) is 0 Å². The molecule has 1 aliphatic heterocycles. The first-order valence-electron chi connectivity index (χ1n) is 4.91. The highest BCUT2D eigenvalue weighted by Gasteiger charge is 2.23. The van der Waals surface area contributed by atoms with E-state index in [-0.39, 0.29) is 21.8 Å². The molecule has 17 heavy (non-hydrogen) atoms. The molecule has 0 bridgehead atoms. The van der Waals surface area contributed by atoms with Gasteiger partial charge in [-0.15, -0.1) is 10.2 Å². The standard InChI is InChI=1S/C9H9Cl2N3O2S/c10-7-5-6(8(11)13-12-7)9(15)14-1-3-17(16)4-2-14/h5H,1-4H2. The second-order valence-electron chi connectivity index (χ2n) is 3.51. The Bertz CT molecular complexity index is 473. The van der Waals surface area contributed by atoms with Gasteiger partial charge in [0.2, 0.25) is 0 Å². The molecule has 8 heteroatoms.